The first kappa shape index (κ1) is 20.5. The van der Waals surface area contributed by atoms with Gasteiger partial charge in [-0.25, -0.2) is 0 Å². The molecular weight excluding hydrogens is 316 g/mol. The maximum absolute atomic E-state index is 12.5. The molecule has 0 spiro atoms. The van der Waals surface area contributed by atoms with Crippen LogP contribution in [0, 0.1) is 24.2 Å². The highest BCUT2D eigenvalue weighted by molar-refractivity contribution is 5.94. The molecule has 0 heterocycles. The van der Waals surface area contributed by atoms with Crippen LogP contribution >= 0.6 is 0 Å². The summed E-state index contributed by atoms with van der Waals surface area (Å²) in [5.74, 6) is -0.700. The van der Waals surface area contributed by atoms with Gasteiger partial charge in [-0.05, 0) is 57.4 Å². The first-order chi connectivity index (χ1) is 11.5. The SMILES string of the molecule is Cc1cc(N(CC(=O)N[C@](C)(C#N)C(C)C)C(C)C)ccc1C(N)=O. The van der Waals surface area contributed by atoms with E-state index in [2.05, 4.69) is 11.4 Å². The molecule has 1 atom stereocenters. The zero-order chi connectivity index (χ0) is 19.4. The standard InChI is InChI=1S/C19H28N4O2/c1-12(2)19(6,11-20)22-17(24)10-23(13(3)4)15-7-8-16(18(21)25)14(5)9-15/h7-9,12-13H,10H2,1-6H3,(H2,21,25)(H,22,24)/t19-/m1/s1. The summed E-state index contributed by atoms with van der Waals surface area (Å²) < 4.78 is 0. The number of primary amides is 1. The van der Waals surface area contributed by atoms with Crippen LogP contribution in [0.15, 0.2) is 18.2 Å². The Morgan fingerprint density at radius 1 is 1.32 bits per heavy atom. The van der Waals surface area contributed by atoms with Crippen molar-refractivity contribution in [2.24, 2.45) is 11.7 Å². The van der Waals surface area contributed by atoms with Crippen LogP contribution in [0.4, 0.5) is 5.69 Å². The topological polar surface area (TPSA) is 99.2 Å². The molecule has 2 amide bonds. The van der Waals surface area contributed by atoms with Crippen molar-refractivity contribution < 1.29 is 9.59 Å². The number of nitrogens with zero attached hydrogens (tertiary/aromatic N) is 2. The predicted octanol–water partition coefficient (Wildman–Crippen LogP) is 2.36. The fourth-order valence-electron chi connectivity index (χ4n) is 2.46. The van der Waals surface area contributed by atoms with E-state index in [1.54, 1.807) is 19.1 Å². The fourth-order valence-corrected chi connectivity index (χ4v) is 2.46. The molecule has 0 aliphatic rings. The molecule has 0 fully saturated rings. The second kappa shape index (κ2) is 8.02. The van der Waals surface area contributed by atoms with Crippen LogP contribution in [-0.4, -0.2) is 29.9 Å². The van der Waals surface area contributed by atoms with Crippen LogP contribution in [0.3, 0.4) is 0 Å². The van der Waals surface area contributed by atoms with E-state index in [9.17, 15) is 14.9 Å². The number of benzene rings is 1. The van der Waals surface area contributed by atoms with Gasteiger partial charge in [-0.2, -0.15) is 5.26 Å². The maximum Gasteiger partial charge on any atom is 0.248 e. The van der Waals surface area contributed by atoms with Gasteiger partial charge in [0.25, 0.3) is 0 Å². The molecule has 0 saturated carbocycles. The summed E-state index contributed by atoms with van der Waals surface area (Å²) in [6.07, 6.45) is 0. The van der Waals surface area contributed by atoms with Crippen molar-refractivity contribution in [3.63, 3.8) is 0 Å². The second-order valence-corrected chi connectivity index (χ2v) is 7.10. The molecule has 6 nitrogen and oxygen atoms in total. The Bertz CT molecular complexity index is 691. The second-order valence-electron chi connectivity index (χ2n) is 7.10. The van der Waals surface area contributed by atoms with E-state index < -0.39 is 11.4 Å². The van der Waals surface area contributed by atoms with Gasteiger partial charge in [0.2, 0.25) is 11.8 Å². The van der Waals surface area contributed by atoms with E-state index in [1.807, 2.05) is 45.6 Å². The van der Waals surface area contributed by atoms with Crippen LogP contribution < -0.4 is 16.0 Å². The lowest BCUT2D eigenvalue weighted by molar-refractivity contribution is -0.121. The first-order valence-electron chi connectivity index (χ1n) is 8.41. The average Bonchev–Trinajstić information content (AvgIpc) is 2.51. The van der Waals surface area contributed by atoms with Crippen molar-refractivity contribution >= 4 is 17.5 Å². The molecule has 136 valence electrons. The minimum atomic E-state index is -0.911. The molecule has 3 N–H and O–H groups in total. The molecule has 0 saturated heterocycles. The lowest BCUT2D eigenvalue weighted by atomic mass is 9.90. The molecule has 6 heteroatoms. The number of rotatable bonds is 7. The lowest BCUT2D eigenvalue weighted by Gasteiger charge is -2.32. The summed E-state index contributed by atoms with van der Waals surface area (Å²) in [5.41, 5.74) is 6.50. The molecule has 0 aliphatic heterocycles. The van der Waals surface area contributed by atoms with Crippen LogP contribution in [-0.2, 0) is 4.79 Å². The highest BCUT2D eigenvalue weighted by Gasteiger charge is 2.30. The Labute approximate surface area is 150 Å². The fraction of sp³-hybridized carbons (Fsp3) is 0.526. The van der Waals surface area contributed by atoms with E-state index in [-0.39, 0.29) is 24.4 Å². The van der Waals surface area contributed by atoms with E-state index in [4.69, 9.17) is 5.73 Å². The first-order valence-corrected chi connectivity index (χ1v) is 8.41. The number of hydrogen-bond acceptors (Lipinski definition) is 4. The Hall–Kier alpha value is -2.55. The summed E-state index contributed by atoms with van der Waals surface area (Å²) in [6.45, 7) is 11.4. The van der Waals surface area contributed by atoms with Gasteiger partial charge in [-0.15, -0.1) is 0 Å². The number of anilines is 1. The van der Waals surface area contributed by atoms with Gasteiger partial charge in [0, 0.05) is 17.3 Å². The molecule has 0 aromatic heterocycles. The number of nitrogens with one attached hydrogen (secondary N) is 1. The van der Waals surface area contributed by atoms with Gasteiger partial charge in [-0.1, -0.05) is 13.8 Å². The molecule has 1 aromatic carbocycles. The quantitative estimate of drug-likeness (QED) is 0.793. The third kappa shape index (κ3) is 4.96. The maximum atomic E-state index is 12.5. The van der Waals surface area contributed by atoms with E-state index in [1.165, 1.54) is 0 Å². The van der Waals surface area contributed by atoms with Crippen LogP contribution in [0.2, 0.25) is 0 Å². The van der Waals surface area contributed by atoms with Gasteiger partial charge in [-0.3, -0.25) is 9.59 Å². The highest BCUT2D eigenvalue weighted by atomic mass is 16.2. The van der Waals surface area contributed by atoms with Crippen LogP contribution in [0.5, 0.6) is 0 Å². The number of nitriles is 1. The molecule has 1 rings (SSSR count). The molecule has 25 heavy (non-hydrogen) atoms. The average molecular weight is 344 g/mol. The van der Waals surface area contributed by atoms with Crippen molar-refractivity contribution in [3.05, 3.63) is 29.3 Å². The van der Waals surface area contributed by atoms with Gasteiger partial charge >= 0.3 is 0 Å². The number of carbonyl (C=O) groups excluding carboxylic acids is 2. The Kier molecular flexibility index (Phi) is 6.57. The Morgan fingerprint density at radius 2 is 1.92 bits per heavy atom. The molecule has 0 bridgehead atoms. The minimum absolute atomic E-state index is 0.00829. The van der Waals surface area contributed by atoms with Gasteiger partial charge in [0.15, 0.2) is 0 Å². The lowest BCUT2D eigenvalue weighted by Crippen LogP contribution is -2.52. The molecular formula is C19H28N4O2. The minimum Gasteiger partial charge on any atom is -0.366 e. The van der Waals surface area contributed by atoms with Crippen molar-refractivity contribution in [2.75, 3.05) is 11.4 Å². The van der Waals surface area contributed by atoms with E-state index in [0.717, 1.165) is 11.3 Å². The van der Waals surface area contributed by atoms with E-state index in [0.29, 0.717) is 5.56 Å². The monoisotopic (exact) mass is 344 g/mol. The molecule has 0 radical (unpaired) electrons. The third-order valence-electron chi connectivity index (χ3n) is 4.53. The summed E-state index contributed by atoms with van der Waals surface area (Å²) in [4.78, 5) is 25.8. The van der Waals surface area contributed by atoms with Crippen molar-refractivity contribution in [1.29, 1.82) is 5.26 Å². The zero-order valence-corrected chi connectivity index (χ0v) is 15.9. The Balaban J connectivity index is 3.03. The number of aryl methyl sites for hydroxylation is 1. The third-order valence-corrected chi connectivity index (χ3v) is 4.53. The molecule has 0 unspecified atom stereocenters. The van der Waals surface area contributed by atoms with Crippen molar-refractivity contribution in [2.45, 2.75) is 53.1 Å². The normalized spacial score (nSPS) is 13.2. The Morgan fingerprint density at radius 3 is 2.32 bits per heavy atom. The van der Waals surface area contributed by atoms with E-state index >= 15 is 0 Å². The smallest absolute Gasteiger partial charge is 0.248 e. The number of carbonyl (C=O) groups is 2. The summed E-state index contributed by atoms with van der Waals surface area (Å²) in [7, 11) is 0. The number of amides is 2. The summed E-state index contributed by atoms with van der Waals surface area (Å²) in [5, 5.41) is 12.2. The summed E-state index contributed by atoms with van der Waals surface area (Å²) in [6, 6.07) is 7.55. The highest BCUT2D eigenvalue weighted by Crippen LogP contribution is 2.22. The summed E-state index contributed by atoms with van der Waals surface area (Å²) >= 11 is 0. The van der Waals surface area contributed by atoms with Gasteiger partial charge in [0.05, 0.1) is 12.6 Å². The van der Waals surface area contributed by atoms with Crippen LogP contribution in [0.25, 0.3) is 0 Å². The number of hydrogen-bond donors (Lipinski definition) is 2. The van der Waals surface area contributed by atoms with Gasteiger partial charge in [0.1, 0.15) is 5.54 Å². The van der Waals surface area contributed by atoms with Gasteiger partial charge < -0.3 is 16.0 Å². The van der Waals surface area contributed by atoms with Crippen molar-refractivity contribution in [3.8, 4) is 6.07 Å². The predicted molar refractivity (Wildman–Crippen MR) is 99.2 cm³/mol. The van der Waals surface area contributed by atoms with Crippen molar-refractivity contribution in [1.82, 2.24) is 5.32 Å². The number of nitrogens with two attached hydrogens (primary N) is 1. The zero-order valence-electron chi connectivity index (χ0n) is 15.9. The van der Waals surface area contributed by atoms with Crippen LogP contribution in [0.1, 0.15) is 50.5 Å². The largest absolute Gasteiger partial charge is 0.366 e. The molecule has 1 aromatic rings. The molecule has 0 aliphatic carbocycles.